The molecular formula is C5H11O3. The molecule has 1 N–H and O–H groups in total. The lowest BCUT2D eigenvalue weighted by molar-refractivity contribution is -0.317. The van der Waals surface area contributed by atoms with E-state index in [2.05, 4.69) is 16.4 Å². The Bertz CT molecular complexity index is 60.7. The summed E-state index contributed by atoms with van der Waals surface area (Å²) in [7, 11) is 1.32. The minimum absolute atomic E-state index is 0.383. The highest BCUT2D eigenvalue weighted by atomic mass is 16.8. The van der Waals surface area contributed by atoms with Crippen LogP contribution < -0.4 is 0 Å². The van der Waals surface area contributed by atoms with E-state index in [-0.39, 0.29) is 0 Å². The van der Waals surface area contributed by atoms with Crippen molar-refractivity contribution in [3.05, 3.63) is 6.92 Å². The Morgan fingerprint density at radius 2 is 2.25 bits per heavy atom. The molecule has 3 nitrogen and oxygen atoms in total. The predicted octanol–water partition coefficient (Wildman–Crippen LogP) is 0.149. The molecule has 49 valence electrons. The molecule has 0 unspecified atom stereocenters. The average molecular weight is 119 g/mol. The molecule has 0 saturated carbocycles. The zero-order valence-electron chi connectivity index (χ0n) is 5.18. The largest absolute Gasteiger partial charge is 0.343 e. The van der Waals surface area contributed by atoms with Crippen molar-refractivity contribution in [2.24, 2.45) is 0 Å². The Morgan fingerprint density at radius 3 is 2.38 bits per heavy atom. The summed E-state index contributed by atoms with van der Waals surface area (Å²) in [5.41, 5.74) is 0. The van der Waals surface area contributed by atoms with Gasteiger partial charge >= 0.3 is 0 Å². The van der Waals surface area contributed by atoms with Crippen LogP contribution in [0.1, 0.15) is 6.92 Å². The molecule has 0 spiro atoms. The minimum atomic E-state index is -1.66. The van der Waals surface area contributed by atoms with Crippen molar-refractivity contribution in [2.75, 3.05) is 13.7 Å². The molecule has 0 heterocycles. The van der Waals surface area contributed by atoms with Gasteiger partial charge in [-0.1, -0.05) is 0 Å². The second-order valence-electron chi connectivity index (χ2n) is 1.35. The first kappa shape index (κ1) is 7.88. The maximum atomic E-state index is 8.77. The Balaban J connectivity index is 3.37. The van der Waals surface area contributed by atoms with Crippen LogP contribution in [0.25, 0.3) is 0 Å². The summed E-state index contributed by atoms with van der Waals surface area (Å²) in [5.74, 6) is -1.66. The fraction of sp³-hybridized carbons (Fsp3) is 0.800. The van der Waals surface area contributed by atoms with Gasteiger partial charge in [-0.25, -0.2) is 0 Å². The van der Waals surface area contributed by atoms with Gasteiger partial charge in [0.05, 0.1) is 0 Å². The van der Waals surface area contributed by atoms with Crippen LogP contribution in [-0.2, 0) is 9.47 Å². The first-order chi connectivity index (χ1) is 3.62. The third-order valence-electron chi connectivity index (χ3n) is 0.689. The monoisotopic (exact) mass is 119 g/mol. The molecular weight excluding hydrogens is 108 g/mol. The van der Waals surface area contributed by atoms with Crippen LogP contribution in [0.5, 0.6) is 0 Å². The molecule has 0 aliphatic heterocycles. The van der Waals surface area contributed by atoms with E-state index >= 15 is 0 Å². The van der Waals surface area contributed by atoms with Crippen molar-refractivity contribution in [2.45, 2.75) is 12.9 Å². The van der Waals surface area contributed by atoms with Crippen molar-refractivity contribution in [3.63, 3.8) is 0 Å². The topological polar surface area (TPSA) is 38.7 Å². The van der Waals surface area contributed by atoms with Crippen LogP contribution in [-0.4, -0.2) is 24.8 Å². The SMILES string of the molecule is [CH2][C@@](O)(OC)OCC. The van der Waals surface area contributed by atoms with Crippen molar-refractivity contribution in [1.29, 1.82) is 0 Å². The molecule has 0 bridgehead atoms. The quantitative estimate of drug-likeness (QED) is 0.537. The molecule has 0 aromatic carbocycles. The van der Waals surface area contributed by atoms with E-state index in [1.165, 1.54) is 7.11 Å². The molecule has 0 aromatic rings. The predicted molar refractivity (Wildman–Crippen MR) is 28.9 cm³/mol. The Labute approximate surface area is 49.2 Å². The molecule has 1 radical (unpaired) electrons. The standard InChI is InChI=1S/C5H11O3/c1-4-8-5(2,6)7-3/h6H,2,4H2,1,3H3/t5-/m1/s1. The van der Waals surface area contributed by atoms with E-state index in [4.69, 9.17) is 5.11 Å². The second kappa shape index (κ2) is 3.02. The van der Waals surface area contributed by atoms with Crippen molar-refractivity contribution < 1.29 is 14.6 Å². The van der Waals surface area contributed by atoms with Crippen molar-refractivity contribution >= 4 is 0 Å². The maximum Gasteiger partial charge on any atom is 0.280 e. The van der Waals surface area contributed by atoms with Gasteiger partial charge in [-0.3, -0.25) is 0 Å². The summed E-state index contributed by atoms with van der Waals surface area (Å²) in [6.07, 6.45) is 0. The van der Waals surface area contributed by atoms with Crippen LogP contribution in [0, 0.1) is 6.92 Å². The Hall–Kier alpha value is -0.120. The van der Waals surface area contributed by atoms with Crippen LogP contribution in [0.3, 0.4) is 0 Å². The van der Waals surface area contributed by atoms with Gasteiger partial charge in [-0.15, -0.1) is 0 Å². The lowest BCUT2D eigenvalue weighted by Crippen LogP contribution is -2.30. The molecule has 0 aromatic heterocycles. The van der Waals surface area contributed by atoms with Gasteiger partial charge in [-0.2, -0.15) is 0 Å². The maximum absolute atomic E-state index is 8.77. The molecule has 0 aliphatic rings. The molecule has 0 rings (SSSR count). The Morgan fingerprint density at radius 1 is 1.75 bits per heavy atom. The van der Waals surface area contributed by atoms with Crippen LogP contribution in [0.4, 0.5) is 0 Å². The molecule has 0 aliphatic carbocycles. The fourth-order valence-corrected chi connectivity index (χ4v) is 0.284. The van der Waals surface area contributed by atoms with E-state index in [0.717, 1.165) is 0 Å². The number of hydrogen-bond acceptors (Lipinski definition) is 3. The Kier molecular flexibility index (Phi) is 2.97. The lowest BCUT2D eigenvalue weighted by Gasteiger charge is -2.19. The van der Waals surface area contributed by atoms with E-state index in [1.807, 2.05) is 0 Å². The van der Waals surface area contributed by atoms with Gasteiger partial charge in [-0.05, 0) is 6.92 Å². The lowest BCUT2D eigenvalue weighted by atomic mass is 10.6. The first-order valence-electron chi connectivity index (χ1n) is 2.39. The number of methoxy groups -OCH3 is 1. The number of rotatable bonds is 3. The number of ether oxygens (including phenoxy) is 2. The molecule has 0 amide bonds. The molecule has 0 saturated heterocycles. The zero-order valence-corrected chi connectivity index (χ0v) is 5.18. The summed E-state index contributed by atoms with van der Waals surface area (Å²) >= 11 is 0. The van der Waals surface area contributed by atoms with Crippen LogP contribution >= 0.6 is 0 Å². The first-order valence-corrected chi connectivity index (χ1v) is 2.39. The third-order valence-corrected chi connectivity index (χ3v) is 0.689. The van der Waals surface area contributed by atoms with E-state index < -0.39 is 5.97 Å². The van der Waals surface area contributed by atoms with Crippen molar-refractivity contribution in [3.8, 4) is 0 Å². The van der Waals surface area contributed by atoms with Gasteiger partial charge < -0.3 is 14.6 Å². The third kappa shape index (κ3) is 2.96. The van der Waals surface area contributed by atoms with E-state index in [9.17, 15) is 0 Å². The van der Waals surface area contributed by atoms with Gasteiger partial charge in [0.15, 0.2) is 0 Å². The average Bonchev–Trinajstić information content (AvgIpc) is 1.67. The van der Waals surface area contributed by atoms with Gasteiger partial charge in [0, 0.05) is 20.6 Å². The summed E-state index contributed by atoms with van der Waals surface area (Å²) in [6.45, 7) is 5.32. The number of hydrogen-bond donors (Lipinski definition) is 1. The van der Waals surface area contributed by atoms with Crippen LogP contribution in [0.2, 0.25) is 0 Å². The smallest absolute Gasteiger partial charge is 0.280 e. The van der Waals surface area contributed by atoms with Gasteiger partial charge in [0.1, 0.15) is 0 Å². The minimum Gasteiger partial charge on any atom is -0.343 e. The van der Waals surface area contributed by atoms with Gasteiger partial charge in [0.25, 0.3) is 5.97 Å². The zero-order chi connectivity index (χ0) is 6.62. The molecule has 8 heavy (non-hydrogen) atoms. The van der Waals surface area contributed by atoms with Crippen LogP contribution in [0.15, 0.2) is 0 Å². The fourth-order valence-electron chi connectivity index (χ4n) is 0.284. The summed E-state index contributed by atoms with van der Waals surface area (Å²) < 4.78 is 9.00. The highest BCUT2D eigenvalue weighted by Crippen LogP contribution is 2.02. The summed E-state index contributed by atoms with van der Waals surface area (Å²) in [6, 6.07) is 0. The summed E-state index contributed by atoms with van der Waals surface area (Å²) in [5, 5.41) is 8.77. The highest BCUT2D eigenvalue weighted by molar-refractivity contribution is 4.52. The van der Waals surface area contributed by atoms with E-state index in [0.29, 0.717) is 6.61 Å². The summed E-state index contributed by atoms with van der Waals surface area (Å²) in [4.78, 5) is 0. The number of aliphatic hydroxyl groups is 1. The van der Waals surface area contributed by atoms with E-state index in [1.54, 1.807) is 6.92 Å². The normalized spacial score (nSPS) is 18.0. The van der Waals surface area contributed by atoms with Crippen molar-refractivity contribution in [1.82, 2.24) is 0 Å². The second-order valence-corrected chi connectivity index (χ2v) is 1.35. The van der Waals surface area contributed by atoms with Gasteiger partial charge in [0.2, 0.25) is 0 Å². The molecule has 3 heteroatoms. The molecule has 0 fully saturated rings. The molecule has 1 atom stereocenters. The highest BCUT2D eigenvalue weighted by Gasteiger charge is 2.17.